The summed E-state index contributed by atoms with van der Waals surface area (Å²) in [4.78, 5) is 27.5. The molecule has 5 nitrogen and oxygen atoms in total. The van der Waals surface area contributed by atoms with Gasteiger partial charge in [-0.15, -0.1) is 0 Å². The Kier molecular flexibility index (Phi) is 5.20. The molecule has 0 atom stereocenters. The molecule has 5 heteroatoms. The van der Waals surface area contributed by atoms with Crippen molar-refractivity contribution in [2.75, 3.05) is 29.9 Å². The molecule has 0 radical (unpaired) electrons. The molecule has 1 N–H and O–H groups in total. The number of carbonyl (C=O) groups is 2. The van der Waals surface area contributed by atoms with Crippen LogP contribution in [0.15, 0.2) is 36.4 Å². The first-order chi connectivity index (χ1) is 10.5. The molecule has 1 heterocycles. The van der Waals surface area contributed by atoms with E-state index in [1.54, 1.807) is 9.80 Å². The summed E-state index contributed by atoms with van der Waals surface area (Å²) in [5, 5.41) is 2.88. The Morgan fingerprint density at radius 1 is 1.45 bits per heavy atom. The standard InChI is InChI=1S/C17H23N3O2/c1-4-19(12-13(2)3)17(22)18-14-7-5-8-15(11-14)20-10-6-9-16(20)21/h5,7-8,11H,2,4,6,9-10,12H2,1,3H3,(H,18,22). The highest BCUT2D eigenvalue weighted by atomic mass is 16.2. The van der Waals surface area contributed by atoms with Crippen LogP contribution in [-0.4, -0.2) is 36.5 Å². The Balaban J connectivity index is 2.08. The van der Waals surface area contributed by atoms with Crippen LogP contribution in [0.2, 0.25) is 0 Å². The van der Waals surface area contributed by atoms with Crippen molar-refractivity contribution in [2.24, 2.45) is 0 Å². The quantitative estimate of drug-likeness (QED) is 0.849. The molecule has 0 unspecified atom stereocenters. The number of hydrogen-bond donors (Lipinski definition) is 1. The van der Waals surface area contributed by atoms with Gasteiger partial charge in [-0.1, -0.05) is 18.2 Å². The van der Waals surface area contributed by atoms with Crippen molar-refractivity contribution in [3.8, 4) is 0 Å². The van der Waals surface area contributed by atoms with Crippen molar-refractivity contribution < 1.29 is 9.59 Å². The lowest BCUT2D eigenvalue weighted by Crippen LogP contribution is -2.35. The van der Waals surface area contributed by atoms with Crippen LogP contribution < -0.4 is 10.2 Å². The second kappa shape index (κ2) is 7.11. The van der Waals surface area contributed by atoms with E-state index in [9.17, 15) is 9.59 Å². The van der Waals surface area contributed by atoms with Crippen molar-refractivity contribution in [3.63, 3.8) is 0 Å². The first kappa shape index (κ1) is 16.1. The predicted molar refractivity (Wildman–Crippen MR) is 89.1 cm³/mol. The van der Waals surface area contributed by atoms with Gasteiger partial charge in [0.05, 0.1) is 0 Å². The zero-order valence-electron chi connectivity index (χ0n) is 13.3. The molecular weight excluding hydrogens is 278 g/mol. The monoisotopic (exact) mass is 301 g/mol. The van der Waals surface area contributed by atoms with Crippen LogP contribution in [0.4, 0.5) is 16.2 Å². The highest BCUT2D eigenvalue weighted by Crippen LogP contribution is 2.24. The summed E-state index contributed by atoms with van der Waals surface area (Å²) in [5.41, 5.74) is 2.47. The molecule has 1 aromatic rings. The predicted octanol–water partition coefficient (Wildman–Crippen LogP) is 3.24. The fourth-order valence-corrected chi connectivity index (χ4v) is 2.53. The number of rotatable bonds is 5. The third-order valence-electron chi connectivity index (χ3n) is 3.61. The highest BCUT2D eigenvalue weighted by molar-refractivity contribution is 5.96. The molecule has 1 aromatic carbocycles. The minimum absolute atomic E-state index is 0.140. The highest BCUT2D eigenvalue weighted by Gasteiger charge is 2.22. The molecular formula is C17H23N3O2. The number of nitrogens with zero attached hydrogens (tertiary/aromatic N) is 2. The van der Waals surface area contributed by atoms with Crippen molar-refractivity contribution in [1.82, 2.24) is 4.90 Å². The average molecular weight is 301 g/mol. The molecule has 22 heavy (non-hydrogen) atoms. The third-order valence-corrected chi connectivity index (χ3v) is 3.61. The maximum absolute atomic E-state index is 12.3. The molecule has 118 valence electrons. The van der Waals surface area contributed by atoms with Crippen molar-refractivity contribution in [1.29, 1.82) is 0 Å². The summed E-state index contributed by atoms with van der Waals surface area (Å²) >= 11 is 0. The summed E-state index contributed by atoms with van der Waals surface area (Å²) in [6.07, 6.45) is 1.48. The molecule has 1 fully saturated rings. The van der Waals surface area contributed by atoms with Crippen LogP contribution in [0.1, 0.15) is 26.7 Å². The van der Waals surface area contributed by atoms with Crippen molar-refractivity contribution in [2.45, 2.75) is 26.7 Å². The minimum atomic E-state index is -0.157. The fraction of sp³-hybridized carbons (Fsp3) is 0.412. The Morgan fingerprint density at radius 2 is 2.23 bits per heavy atom. The van der Waals surface area contributed by atoms with E-state index in [4.69, 9.17) is 0 Å². The normalized spacial score (nSPS) is 14.1. The van der Waals surface area contributed by atoms with Crippen LogP contribution in [0, 0.1) is 0 Å². The van der Waals surface area contributed by atoms with Gasteiger partial charge in [-0.3, -0.25) is 4.79 Å². The summed E-state index contributed by atoms with van der Waals surface area (Å²) in [7, 11) is 0. The van der Waals surface area contributed by atoms with Gasteiger partial charge in [-0.25, -0.2) is 4.79 Å². The van der Waals surface area contributed by atoms with E-state index in [0.29, 0.717) is 25.2 Å². The molecule has 1 aliphatic rings. The SMILES string of the molecule is C=C(C)CN(CC)C(=O)Nc1cccc(N2CCCC2=O)c1. The maximum Gasteiger partial charge on any atom is 0.322 e. The Bertz CT molecular complexity index is 583. The summed E-state index contributed by atoms with van der Waals surface area (Å²) in [6.45, 7) is 9.56. The van der Waals surface area contributed by atoms with Gasteiger partial charge in [-0.05, 0) is 38.5 Å². The van der Waals surface area contributed by atoms with Gasteiger partial charge >= 0.3 is 6.03 Å². The third kappa shape index (κ3) is 3.87. The van der Waals surface area contributed by atoms with Gasteiger partial charge in [0.2, 0.25) is 5.91 Å². The van der Waals surface area contributed by atoms with E-state index in [1.165, 1.54) is 0 Å². The summed E-state index contributed by atoms with van der Waals surface area (Å²) < 4.78 is 0. The van der Waals surface area contributed by atoms with E-state index in [0.717, 1.165) is 24.2 Å². The van der Waals surface area contributed by atoms with E-state index < -0.39 is 0 Å². The largest absolute Gasteiger partial charge is 0.322 e. The zero-order valence-corrected chi connectivity index (χ0v) is 13.3. The number of hydrogen-bond acceptors (Lipinski definition) is 2. The second-order valence-corrected chi connectivity index (χ2v) is 5.60. The second-order valence-electron chi connectivity index (χ2n) is 5.60. The Hall–Kier alpha value is -2.30. The fourth-order valence-electron chi connectivity index (χ4n) is 2.53. The van der Waals surface area contributed by atoms with Gasteiger partial charge in [0.1, 0.15) is 0 Å². The van der Waals surface area contributed by atoms with Crippen LogP contribution in [0.3, 0.4) is 0 Å². The van der Waals surface area contributed by atoms with E-state index >= 15 is 0 Å². The summed E-state index contributed by atoms with van der Waals surface area (Å²) in [5.74, 6) is 0.140. The lowest BCUT2D eigenvalue weighted by molar-refractivity contribution is -0.117. The van der Waals surface area contributed by atoms with Gasteiger partial charge in [0.25, 0.3) is 0 Å². The Morgan fingerprint density at radius 3 is 2.82 bits per heavy atom. The van der Waals surface area contributed by atoms with Crippen molar-refractivity contribution in [3.05, 3.63) is 36.4 Å². The van der Waals surface area contributed by atoms with Gasteiger partial charge in [0, 0.05) is 37.4 Å². The summed E-state index contributed by atoms with van der Waals surface area (Å²) in [6, 6.07) is 7.26. The number of nitrogens with one attached hydrogen (secondary N) is 1. The van der Waals surface area contributed by atoms with Crippen LogP contribution >= 0.6 is 0 Å². The number of benzene rings is 1. The van der Waals surface area contributed by atoms with E-state index in [1.807, 2.05) is 38.1 Å². The maximum atomic E-state index is 12.3. The molecule has 2 rings (SSSR count). The average Bonchev–Trinajstić information content (AvgIpc) is 2.91. The number of amides is 3. The number of urea groups is 1. The Labute approximate surface area is 131 Å². The molecule has 1 aliphatic heterocycles. The topological polar surface area (TPSA) is 52.7 Å². The van der Waals surface area contributed by atoms with Crippen LogP contribution in [0.25, 0.3) is 0 Å². The first-order valence-corrected chi connectivity index (χ1v) is 7.62. The molecule has 0 aliphatic carbocycles. The molecule has 0 aromatic heterocycles. The van der Waals surface area contributed by atoms with Gasteiger partial charge in [-0.2, -0.15) is 0 Å². The first-order valence-electron chi connectivity index (χ1n) is 7.62. The van der Waals surface area contributed by atoms with Crippen LogP contribution in [0.5, 0.6) is 0 Å². The van der Waals surface area contributed by atoms with Crippen molar-refractivity contribution >= 4 is 23.3 Å². The van der Waals surface area contributed by atoms with Gasteiger partial charge in [0.15, 0.2) is 0 Å². The molecule has 0 spiro atoms. The molecule has 3 amide bonds. The molecule has 0 saturated carbocycles. The van der Waals surface area contributed by atoms with E-state index in [2.05, 4.69) is 11.9 Å². The number of likely N-dealkylation sites (N-methyl/N-ethyl adjacent to an activating group) is 1. The minimum Gasteiger partial charge on any atom is -0.321 e. The lowest BCUT2D eigenvalue weighted by Gasteiger charge is -2.22. The zero-order chi connectivity index (χ0) is 16.1. The molecule has 1 saturated heterocycles. The van der Waals surface area contributed by atoms with Crippen LogP contribution in [-0.2, 0) is 4.79 Å². The molecule has 0 bridgehead atoms. The number of anilines is 2. The smallest absolute Gasteiger partial charge is 0.321 e. The van der Waals surface area contributed by atoms with E-state index in [-0.39, 0.29) is 11.9 Å². The number of carbonyl (C=O) groups excluding carboxylic acids is 2. The lowest BCUT2D eigenvalue weighted by atomic mass is 10.2. The van der Waals surface area contributed by atoms with Gasteiger partial charge < -0.3 is 15.1 Å².